The van der Waals surface area contributed by atoms with Crippen LogP contribution < -0.4 is 5.32 Å². The highest BCUT2D eigenvalue weighted by molar-refractivity contribution is 5.38. The Kier molecular flexibility index (Phi) is 1.20. The Labute approximate surface area is 86.6 Å². The molecule has 0 amide bonds. The van der Waals surface area contributed by atoms with Crippen LogP contribution in [0.4, 0.5) is 0 Å². The standard InChI is InChI=1S/C13H21N/c1-8(2)14-7-13-10-3-9-4-11(13)12(13,5-9)6-10/h8-11,14H,3-7H2,1-2H3/t9-,10?,11?,12?,13?/m0/s1. The van der Waals surface area contributed by atoms with Gasteiger partial charge < -0.3 is 5.32 Å². The summed E-state index contributed by atoms with van der Waals surface area (Å²) in [5.74, 6) is 3.44. The first-order chi connectivity index (χ1) is 6.69. The second-order valence-electron chi connectivity index (χ2n) is 6.73. The lowest BCUT2D eigenvalue weighted by Gasteiger charge is -2.52. The molecule has 1 heteroatoms. The van der Waals surface area contributed by atoms with Crippen LogP contribution in [-0.2, 0) is 0 Å². The summed E-state index contributed by atoms with van der Waals surface area (Å²) >= 11 is 0. The third-order valence-corrected chi connectivity index (χ3v) is 6.11. The van der Waals surface area contributed by atoms with Crippen LogP contribution in [0.5, 0.6) is 0 Å². The maximum absolute atomic E-state index is 3.71. The average Bonchev–Trinajstić information content (AvgIpc) is 2.43. The summed E-state index contributed by atoms with van der Waals surface area (Å²) in [6, 6.07) is 0.680. The number of hydrogen-bond acceptors (Lipinski definition) is 1. The molecule has 4 unspecified atom stereocenters. The first-order valence-electron chi connectivity index (χ1n) is 6.42. The van der Waals surface area contributed by atoms with Crippen LogP contribution in [0.25, 0.3) is 0 Å². The Balaban J connectivity index is 1.58. The van der Waals surface area contributed by atoms with Crippen LogP contribution in [0.3, 0.4) is 0 Å². The first kappa shape index (κ1) is 8.15. The van der Waals surface area contributed by atoms with Gasteiger partial charge in [0, 0.05) is 12.6 Å². The van der Waals surface area contributed by atoms with Crippen molar-refractivity contribution < 1.29 is 0 Å². The van der Waals surface area contributed by atoms with Gasteiger partial charge in [0.2, 0.25) is 0 Å². The Morgan fingerprint density at radius 1 is 1.29 bits per heavy atom. The zero-order chi connectivity index (χ0) is 9.55. The number of rotatable bonds is 3. The van der Waals surface area contributed by atoms with E-state index in [1.165, 1.54) is 6.54 Å². The predicted molar refractivity (Wildman–Crippen MR) is 56.9 cm³/mol. The van der Waals surface area contributed by atoms with Crippen LogP contribution >= 0.6 is 0 Å². The van der Waals surface area contributed by atoms with Gasteiger partial charge in [-0.05, 0) is 54.3 Å². The van der Waals surface area contributed by atoms with Crippen molar-refractivity contribution in [3.8, 4) is 0 Å². The predicted octanol–water partition coefficient (Wildman–Crippen LogP) is 2.42. The van der Waals surface area contributed by atoms with Gasteiger partial charge in [0.1, 0.15) is 0 Å². The van der Waals surface area contributed by atoms with E-state index in [1.54, 1.807) is 25.7 Å². The van der Waals surface area contributed by atoms with Crippen molar-refractivity contribution in [3.05, 3.63) is 0 Å². The van der Waals surface area contributed by atoms with Gasteiger partial charge in [0.15, 0.2) is 0 Å². The lowest BCUT2D eigenvalue weighted by Crippen LogP contribution is -2.50. The fraction of sp³-hybridized carbons (Fsp3) is 1.00. The highest BCUT2D eigenvalue weighted by Gasteiger charge is 2.89. The minimum atomic E-state index is 0.680. The van der Waals surface area contributed by atoms with Crippen LogP contribution in [0.15, 0.2) is 0 Å². The SMILES string of the molecule is CC(C)NCC12C3C[C@H]4CC1C2(C3)C4. The van der Waals surface area contributed by atoms with Crippen molar-refractivity contribution in [1.29, 1.82) is 0 Å². The van der Waals surface area contributed by atoms with Gasteiger partial charge in [-0.3, -0.25) is 0 Å². The van der Waals surface area contributed by atoms with E-state index >= 15 is 0 Å². The summed E-state index contributed by atoms with van der Waals surface area (Å²) in [6.07, 6.45) is 6.39. The first-order valence-corrected chi connectivity index (χ1v) is 6.42. The quantitative estimate of drug-likeness (QED) is 0.722. The van der Waals surface area contributed by atoms with Gasteiger partial charge in [0.25, 0.3) is 0 Å². The molecule has 78 valence electrons. The van der Waals surface area contributed by atoms with Crippen LogP contribution in [0.1, 0.15) is 39.5 Å². The maximum Gasteiger partial charge on any atom is 0.00212 e. The molecule has 6 saturated carbocycles. The molecule has 0 radical (unpaired) electrons. The summed E-state index contributed by atoms with van der Waals surface area (Å²) in [5.41, 5.74) is 1.72. The third kappa shape index (κ3) is 0.599. The molecule has 6 fully saturated rings. The highest BCUT2D eigenvalue weighted by atomic mass is 15.0. The maximum atomic E-state index is 3.71. The van der Waals surface area contributed by atoms with Crippen LogP contribution in [-0.4, -0.2) is 12.6 Å². The Bertz CT molecular complexity index is 294. The van der Waals surface area contributed by atoms with Crippen LogP contribution in [0, 0.1) is 28.6 Å². The van der Waals surface area contributed by atoms with Crippen molar-refractivity contribution in [2.45, 2.75) is 45.6 Å². The van der Waals surface area contributed by atoms with E-state index in [1.807, 2.05) is 0 Å². The van der Waals surface area contributed by atoms with Crippen molar-refractivity contribution in [2.24, 2.45) is 28.6 Å². The van der Waals surface area contributed by atoms with Gasteiger partial charge in [-0.15, -0.1) is 0 Å². The molecule has 6 rings (SSSR count). The van der Waals surface area contributed by atoms with E-state index in [-0.39, 0.29) is 0 Å². The molecule has 1 nitrogen and oxygen atoms in total. The van der Waals surface area contributed by atoms with Gasteiger partial charge in [-0.25, -0.2) is 0 Å². The molecule has 0 aromatic rings. The molecule has 6 aliphatic carbocycles. The van der Waals surface area contributed by atoms with Gasteiger partial charge in [0.05, 0.1) is 0 Å². The monoisotopic (exact) mass is 191 g/mol. The molecule has 0 aromatic heterocycles. The van der Waals surface area contributed by atoms with Gasteiger partial charge >= 0.3 is 0 Å². The third-order valence-electron chi connectivity index (χ3n) is 6.11. The molecule has 6 aliphatic rings. The number of hydrogen-bond donors (Lipinski definition) is 1. The van der Waals surface area contributed by atoms with Gasteiger partial charge in [-0.2, -0.15) is 0 Å². The summed E-state index contributed by atoms with van der Waals surface area (Å²) < 4.78 is 0. The molecular weight excluding hydrogens is 170 g/mol. The summed E-state index contributed by atoms with van der Waals surface area (Å²) in [5, 5.41) is 3.71. The van der Waals surface area contributed by atoms with Crippen LogP contribution in [0.2, 0.25) is 0 Å². The molecule has 0 aromatic carbocycles. The Morgan fingerprint density at radius 3 is 2.79 bits per heavy atom. The van der Waals surface area contributed by atoms with E-state index in [2.05, 4.69) is 19.2 Å². The lowest BCUT2D eigenvalue weighted by atomic mass is 9.53. The van der Waals surface area contributed by atoms with E-state index < -0.39 is 0 Å². The second-order valence-corrected chi connectivity index (χ2v) is 6.73. The largest absolute Gasteiger partial charge is 0.314 e. The Morgan fingerprint density at radius 2 is 2.14 bits per heavy atom. The molecular formula is C13H21N. The molecule has 5 atom stereocenters. The summed E-state index contributed by atoms with van der Waals surface area (Å²) in [4.78, 5) is 0. The minimum Gasteiger partial charge on any atom is -0.314 e. The van der Waals surface area contributed by atoms with Crippen molar-refractivity contribution in [3.63, 3.8) is 0 Å². The van der Waals surface area contributed by atoms with E-state index in [9.17, 15) is 0 Å². The van der Waals surface area contributed by atoms with E-state index in [0.29, 0.717) is 6.04 Å². The second kappa shape index (κ2) is 2.07. The van der Waals surface area contributed by atoms with Crippen molar-refractivity contribution >= 4 is 0 Å². The lowest BCUT2D eigenvalue weighted by molar-refractivity contribution is -0.0234. The normalized spacial score (nSPS) is 61.5. The zero-order valence-corrected chi connectivity index (χ0v) is 9.34. The highest BCUT2D eigenvalue weighted by Crippen LogP contribution is 2.94. The topological polar surface area (TPSA) is 12.0 Å². The summed E-state index contributed by atoms with van der Waals surface area (Å²) in [6.45, 7) is 5.90. The Hall–Kier alpha value is -0.0400. The molecule has 1 N–H and O–H groups in total. The fourth-order valence-electron chi connectivity index (χ4n) is 5.78. The summed E-state index contributed by atoms with van der Waals surface area (Å²) in [7, 11) is 0. The van der Waals surface area contributed by atoms with Gasteiger partial charge in [-0.1, -0.05) is 13.8 Å². The number of nitrogens with one attached hydrogen (secondary N) is 1. The molecule has 0 saturated heterocycles. The molecule has 1 spiro atoms. The van der Waals surface area contributed by atoms with Crippen molar-refractivity contribution in [1.82, 2.24) is 5.32 Å². The van der Waals surface area contributed by atoms with Crippen molar-refractivity contribution in [2.75, 3.05) is 6.54 Å². The molecule has 14 heavy (non-hydrogen) atoms. The van der Waals surface area contributed by atoms with E-state index in [4.69, 9.17) is 0 Å². The fourth-order valence-corrected chi connectivity index (χ4v) is 5.78. The minimum absolute atomic E-state index is 0.680. The van der Waals surface area contributed by atoms with E-state index in [0.717, 1.165) is 28.6 Å². The average molecular weight is 191 g/mol. The smallest absolute Gasteiger partial charge is 0.00212 e. The molecule has 5 bridgehead atoms. The molecule has 0 heterocycles. The zero-order valence-electron chi connectivity index (χ0n) is 9.34. The molecule has 0 aliphatic heterocycles.